The second-order valence-electron chi connectivity index (χ2n) is 4.06. The molecule has 0 saturated carbocycles. The molecule has 0 unspecified atom stereocenters. The van der Waals surface area contributed by atoms with E-state index in [1.54, 1.807) is 18.3 Å². The minimum absolute atomic E-state index is 0.166. The van der Waals surface area contributed by atoms with E-state index in [0.29, 0.717) is 5.46 Å². The maximum absolute atomic E-state index is 9.08. The molecule has 1 rings (SSSR count). The first kappa shape index (κ1) is 10.2. The summed E-state index contributed by atoms with van der Waals surface area (Å²) in [5.74, 6) is 0. The molecule has 1 heterocycles. The van der Waals surface area contributed by atoms with Crippen molar-refractivity contribution in [1.29, 1.82) is 0 Å². The highest BCUT2D eigenvalue weighted by molar-refractivity contribution is 6.59. The van der Waals surface area contributed by atoms with Crippen molar-refractivity contribution in [1.82, 2.24) is 4.98 Å². The van der Waals surface area contributed by atoms with E-state index in [0.717, 1.165) is 5.69 Å². The van der Waals surface area contributed by atoms with Gasteiger partial charge in [0.2, 0.25) is 0 Å². The van der Waals surface area contributed by atoms with Crippen LogP contribution in [0, 0.1) is 0 Å². The average Bonchev–Trinajstić information content (AvgIpc) is 2.03. The fourth-order valence-corrected chi connectivity index (χ4v) is 1.25. The van der Waals surface area contributed by atoms with Crippen LogP contribution in [0.15, 0.2) is 18.3 Å². The minimum Gasteiger partial charge on any atom is -0.423 e. The van der Waals surface area contributed by atoms with Crippen molar-refractivity contribution in [2.45, 2.75) is 26.2 Å². The van der Waals surface area contributed by atoms with Crippen LogP contribution >= 0.6 is 0 Å². The molecular weight excluding hydrogens is 165 g/mol. The van der Waals surface area contributed by atoms with Gasteiger partial charge in [0, 0.05) is 22.8 Å². The number of rotatable bonds is 1. The largest absolute Gasteiger partial charge is 0.490 e. The maximum Gasteiger partial charge on any atom is 0.490 e. The Kier molecular flexibility index (Phi) is 2.73. The summed E-state index contributed by atoms with van der Waals surface area (Å²) in [4.78, 5) is 4.15. The highest BCUT2D eigenvalue weighted by Crippen LogP contribution is 2.17. The van der Waals surface area contributed by atoms with Crippen LogP contribution in [0.5, 0.6) is 0 Å². The molecular formula is C9H14BNO2. The fourth-order valence-electron chi connectivity index (χ4n) is 1.25. The molecule has 0 aliphatic carbocycles. The molecule has 0 aliphatic rings. The summed E-state index contributed by atoms with van der Waals surface area (Å²) in [6.07, 6.45) is 1.66. The van der Waals surface area contributed by atoms with E-state index in [4.69, 9.17) is 10.0 Å². The van der Waals surface area contributed by atoms with E-state index in [1.165, 1.54) is 0 Å². The number of hydrogen-bond acceptors (Lipinski definition) is 3. The van der Waals surface area contributed by atoms with Crippen LogP contribution in [0.1, 0.15) is 26.5 Å². The van der Waals surface area contributed by atoms with Crippen LogP contribution < -0.4 is 5.46 Å². The number of hydrogen-bond donors (Lipinski definition) is 2. The van der Waals surface area contributed by atoms with E-state index in [9.17, 15) is 0 Å². The van der Waals surface area contributed by atoms with Crippen LogP contribution in [-0.4, -0.2) is 22.2 Å². The van der Waals surface area contributed by atoms with E-state index >= 15 is 0 Å². The number of pyridine rings is 1. The minimum atomic E-state index is -1.44. The summed E-state index contributed by atoms with van der Waals surface area (Å²) in [6, 6.07) is 3.38. The van der Waals surface area contributed by atoms with Crippen molar-refractivity contribution in [2.75, 3.05) is 0 Å². The lowest BCUT2D eigenvalue weighted by atomic mass is 9.73. The summed E-state index contributed by atoms with van der Waals surface area (Å²) in [6.45, 7) is 5.96. The van der Waals surface area contributed by atoms with Crippen molar-refractivity contribution in [2.24, 2.45) is 0 Å². The van der Waals surface area contributed by atoms with Crippen molar-refractivity contribution in [3.05, 3.63) is 24.0 Å². The zero-order chi connectivity index (χ0) is 10.1. The van der Waals surface area contributed by atoms with Crippen molar-refractivity contribution >= 4 is 12.6 Å². The topological polar surface area (TPSA) is 53.4 Å². The maximum atomic E-state index is 9.08. The Balaban J connectivity index is 3.20. The summed E-state index contributed by atoms with van der Waals surface area (Å²) in [5.41, 5.74) is 1.04. The first-order valence-corrected chi connectivity index (χ1v) is 4.24. The lowest BCUT2D eigenvalue weighted by molar-refractivity contribution is 0.423. The van der Waals surface area contributed by atoms with Crippen LogP contribution in [0.3, 0.4) is 0 Å². The van der Waals surface area contributed by atoms with Crippen molar-refractivity contribution < 1.29 is 10.0 Å². The molecule has 0 radical (unpaired) electrons. The van der Waals surface area contributed by atoms with E-state index in [2.05, 4.69) is 4.98 Å². The van der Waals surface area contributed by atoms with E-state index in [-0.39, 0.29) is 5.41 Å². The van der Waals surface area contributed by atoms with Gasteiger partial charge in [-0.15, -0.1) is 0 Å². The van der Waals surface area contributed by atoms with Gasteiger partial charge >= 0.3 is 7.12 Å². The van der Waals surface area contributed by atoms with Gasteiger partial charge in [-0.2, -0.15) is 0 Å². The fraction of sp³-hybridized carbons (Fsp3) is 0.444. The van der Waals surface area contributed by atoms with Crippen LogP contribution in [0.4, 0.5) is 0 Å². The van der Waals surface area contributed by atoms with Gasteiger partial charge in [0.05, 0.1) is 0 Å². The Bertz CT molecular complexity index is 294. The Labute approximate surface area is 78.6 Å². The third-order valence-corrected chi connectivity index (χ3v) is 1.83. The predicted molar refractivity (Wildman–Crippen MR) is 52.8 cm³/mol. The van der Waals surface area contributed by atoms with E-state index in [1.807, 2.05) is 20.8 Å². The molecule has 0 saturated heterocycles. The monoisotopic (exact) mass is 179 g/mol. The molecule has 70 valence electrons. The molecule has 3 nitrogen and oxygen atoms in total. The normalized spacial score (nSPS) is 11.5. The van der Waals surface area contributed by atoms with Gasteiger partial charge in [-0.25, -0.2) is 0 Å². The predicted octanol–water partition coefficient (Wildman–Crippen LogP) is 0.0589. The lowest BCUT2D eigenvalue weighted by Gasteiger charge is -2.20. The highest BCUT2D eigenvalue weighted by atomic mass is 16.4. The molecule has 4 heteroatoms. The molecule has 0 aliphatic heterocycles. The van der Waals surface area contributed by atoms with Crippen LogP contribution in [0.2, 0.25) is 0 Å². The second kappa shape index (κ2) is 3.48. The second-order valence-corrected chi connectivity index (χ2v) is 4.06. The Morgan fingerprint density at radius 1 is 1.31 bits per heavy atom. The third-order valence-electron chi connectivity index (χ3n) is 1.83. The SMILES string of the molecule is CC(C)(C)c1ncccc1B(O)O. The number of nitrogens with zero attached hydrogens (tertiary/aromatic N) is 1. The smallest absolute Gasteiger partial charge is 0.423 e. The Morgan fingerprint density at radius 2 is 1.92 bits per heavy atom. The molecule has 2 N–H and O–H groups in total. The molecule has 1 aromatic heterocycles. The molecule has 0 aromatic carbocycles. The van der Waals surface area contributed by atoms with E-state index < -0.39 is 7.12 Å². The summed E-state index contributed by atoms with van der Waals surface area (Å²) in [5, 5.41) is 18.2. The van der Waals surface area contributed by atoms with Crippen LogP contribution in [0.25, 0.3) is 0 Å². The first-order valence-electron chi connectivity index (χ1n) is 4.24. The molecule has 1 aromatic rings. The molecule has 0 spiro atoms. The average molecular weight is 179 g/mol. The Morgan fingerprint density at radius 3 is 2.31 bits per heavy atom. The third kappa shape index (κ3) is 2.29. The van der Waals surface area contributed by atoms with Crippen molar-refractivity contribution in [3.8, 4) is 0 Å². The zero-order valence-electron chi connectivity index (χ0n) is 8.15. The lowest BCUT2D eigenvalue weighted by Crippen LogP contribution is -2.38. The van der Waals surface area contributed by atoms with Gasteiger partial charge < -0.3 is 10.0 Å². The van der Waals surface area contributed by atoms with Gasteiger partial charge in [0.25, 0.3) is 0 Å². The molecule has 0 fully saturated rings. The summed E-state index contributed by atoms with van der Waals surface area (Å²) in [7, 11) is -1.44. The standard InChI is InChI=1S/C9H14BNO2/c1-9(2,3)8-7(10(12)13)5-4-6-11-8/h4-6,12-13H,1-3H3. The van der Waals surface area contributed by atoms with Crippen molar-refractivity contribution in [3.63, 3.8) is 0 Å². The first-order chi connectivity index (χ1) is 5.93. The highest BCUT2D eigenvalue weighted by Gasteiger charge is 2.24. The molecule has 0 atom stereocenters. The number of aromatic nitrogens is 1. The molecule has 0 bridgehead atoms. The summed E-state index contributed by atoms with van der Waals surface area (Å²) >= 11 is 0. The van der Waals surface area contributed by atoms with Gasteiger partial charge in [-0.1, -0.05) is 26.8 Å². The molecule has 0 amide bonds. The van der Waals surface area contributed by atoms with Gasteiger partial charge in [-0.3, -0.25) is 4.98 Å². The van der Waals surface area contributed by atoms with Gasteiger partial charge in [-0.05, 0) is 6.07 Å². The quantitative estimate of drug-likeness (QED) is 0.599. The summed E-state index contributed by atoms with van der Waals surface area (Å²) < 4.78 is 0. The zero-order valence-corrected chi connectivity index (χ0v) is 8.15. The van der Waals surface area contributed by atoms with Gasteiger partial charge in [0.1, 0.15) is 0 Å². The van der Waals surface area contributed by atoms with Crippen LogP contribution in [-0.2, 0) is 5.41 Å². The molecule has 13 heavy (non-hydrogen) atoms. The van der Waals surface area contributed by atoms with Gasteiger partial charge in [0.15, 0.2) is 0 Å². The Hall–Kier alpha value is -0.865.